The summed E-state index contributed by atoms with van der Waals surface area (Å²) in [6, 6.07) is 45.8. The van der Waals surface area contributed by atoms with Gasteiger partial charge in [0.2, 0.25) is 0 Å². The van der Waals surface area contributed by atoms with Crippen LogP contribution in [0, 0.1) is 0 Å². The van der Waals surface area contributed by atoms with E-state index in [2.05, 4.69) is 107 Å². The van der Waals surface area contributed by atoms with Crippen LogP contribution >= 0.6 is 27.3 Å². The third-order valence-electron chi connectivity index (χ3n) is 9.57. The predicted octanol–water partition coefficient (Wildman–Crippen LogP) is 13.0. The number of para-hydroxylation sites is 1. The lowest BCUT2D eigenvalue weighted by molar-refractivity contribution is 0.669. The molecule has 11 rings (SSSR count). The van der Waals surface area contributed by atoms with Crippen molar-refractivity contribution in [1.82, 2.24) is 15.0 Å². The van der Waals surface area contributed by atoms with E-state index in [-0.39, 0.29) is 0 Å². The molecule has 0 atom stereocenters. The van der Waals surface area contributed by atoms with Crippen molar-refractivity contribution in [1.29, 1.82) is 0 Å². The van der Waals surface area contributed by atoms with E-state index in [1.54, 1.807) is 11.3 Å². The SMILES string of the molecule is Brc1cc(-c2nc(-c3cccc4oc5ccccc5c34)nc(-c3cccc4sc5ccccc5c34)n2)cc2oc3cc4ccccc4cc3c12. The topological polar surface area (TPSA) is 65.0 Å². The lowest BCUT2D eigenvalue weighted by atomic mass is 10.0. The summed E-state index contributed by atoms with van der Waals surface area (Å²) >= 11 is 5.68. The maximum atomic E-state index is 6.51. The van der Waals surface area contributed by atoms with Crippen molar-refractivity contribution in [2.45, 2.75) is 0 Å². The first-order chi connectivity index (χ1) is 24.7. The van der Waals surface area contributed by atoms with Gasteiger partial charge >= 0.3 is 0 Å². The van der Waals surface area contributed by atoms with Crippen LogP contribution in [-0.2, 0) is 0 Å². The van der Waals surface area contributed by atoms with Gasteiger partial charge in [-0.3, -0.25) is 0 Å². The molecule has 7 heteroatoms. The summed E-state index contributed by atoms with van der Waals surface area (Å²) in [6.45, 7) is 0. The van der Waals surface area contributed by atoms with Crippen molar-refractivity contribution in [3.63, 3.8) is 0 Å². The van der Waals surface area contributed by atoms with Gasteiger partial charge in [0.25, 0.3) is 0 Å². The Bertz CT molecular complexity index is 3060. The molecule has 0 amide bonds. The molecule has 0 bridgehead atoms. The molecule has 0 spiro atoms. The van der Waals surface area contributed by atoms with Gasteiger partial charge in [-0.25, -0.2) is 15.0 Å². The van der Waals surface area contributed by atoms with Crippen molar-refractivity contribution in [3.8, 4) is 34.2 Å². The lowest BCUT2D eigenvalue weighted by Crippen LogP contribution is -2.01. The van der Waals surface area contributed by atoms with Gasteiger partial charge < -0.3 is 8.83 Å². The van der Waals surface area contributed by atoms with Gasteiger partial charge in [-0.05, 0) is 75.2 Å². The molecule has 0 aliphatic carbocycles. The van der Waals surface area contributed by atoms with Crippen molar-refractivity contribution in [2.24, 2.45) is 0 Å². The van der Waals surface area contributed by atoms with Crippen molar-refractivity contribution >= 4 is 102 Å². The average Bonchev–Trinajstić information content (AvgIpc) is 3.84. The minimum Gasteiger partial charge on any atom is -0.456 e. The summed E-state index contributed by atoms with van der Waals surface area (Å²) in [5.41, 5.74) is 5.88. The Kier molecular flexibility index (Phi) is 5.91. The average molecular weight is 725 g/mol. The summed E-state index contributed by atoms with van der Waals surface area (Å²) in [5, 5.41) is 8.71. The normalized spacial score (nSPS) is 12.1. The number of nitrogens with zero attached hydrogens (tertiary/aromatic N) is 3. The number of halogens is 1. The Morgan fingerprint density at radius 2 is 1.08 bits per heavy atom. The van der Waals surface area contributed by atoms with Crippen LogP contribution in [0.4, 0.5) is 0 Å². The van der Waals surface area contributed by atoms with Gasteiger partial charge in [0.05, 0.1) is 0 Å². The number of fused-ring (bicyclic) bond motifs is 10. The fraction of sp³-hybridized carbons (Fsp3) is 0. The Morgan fingerprint density at radius 3 is 1.94 bits per heavy atom. The first-order valence-corrected chi connectivity index (χ1v) is 17.9. The third-order valence-corrected chi connectivity index (χ3v) is 11.3. The second kappa shape index (κ2) is 10.6. The monoisotopic (exact) mass is 723 g/mol. The highest BCUT2D eigenvalue weighted by Gasteiger charge is 2.21. The van der Waals surface area contributed by atoms with Crippen LogP contribution in [0.25, 0.3) is 109 Å². The number of benzene rings is 7. The molecule has 0 aliphatic heterocycles. The number of thiophene rings is 1. The van der Waals surface area contributed by atoms with Gasteiger partial charge in [-0.2, -0.15) is 0 Å². The predicted molar refractivity (Wildman–Crippen MR) is 209 cm³/mol. The molecule has 4 heterocycles. The van der Waals surface area contributed by atoms with Crippen molar-refractivity contribution in [3.05, 3.63) is 138 Å². The number of furan rings is 2. The van der Waals surface area contributed by atoms with E-state index < -0.39 is 0 Å². The summed E-state index contributed by atoms with van der Waals surface area (Å²) in [6.07, 6.45) is 0. The Hall–Kier alpha value is -5.89. The summed E-state index contributed by atoms with van der Waals surface area (Å²) < 4.78 is 16.1. The van der Waals surface area contributed by atoms with E-state index in [0.717, 1.165) is 75.8 Å². The van der Waals surface area contributed by atoms with E-state index in [1.807, 2.05) is 42.5 Å². The molecular formula is C43H22BrN3O2S. The molecule has 11 aromatic rings. The standard InChI is InChI=1S/C43H22BrN3O2S/c44-31-20-25(22-35-40(31)30-19-23-9-1-2-10-24(23)21-34(30)49-35)41-45-42(28-13-7-16-33-38(28)26-11-3-5-15-32(26)48-33)47-43(46-41)29-14-8-18-37-39(29)27-12-4-6-17-36(27)50-37/h1-22H. The van der Waals surface area contributed by atoms with Crippen LogP contribution in [-0.4, -0.2) is 15.0 Å². The molecule has 0 aliphatic rings. The zero-order valence-corrected chi connectivity index (χ0v) is 28.5. The highest BCUT2D eigenvalue weighted by Crippen LogP contribution is 2.43. The molecule has 5 nitrogen and oxygen atoms in total. The molecule has 0 saturated heterocycles. The Balaban J connectivity index is 1.20. The van der Waals surface area contributed by atoms with Crippen molar-refractivity contribution in [2.75, 3.05) is 0 Å². The fourth-order valence-corrected chi connectivity index (χ4v) is 9.13. The zero-order valence-electron chi connectivity index (χ0n) is 26.1. The van der Waals surface area contributed by atoms with E-state index in [1.165, 1.54) is 20.2 Å². The molecule has 0 unspecified atom stereocenters. The molecule has 0 saturated carbocycles. The summed E-state index contributed by atoms with van der Waals surface area (Å²) in [4.78, 5) is 15.6. The van der Waals surface area contributed by atoms with Crippen LogP contribution in [0.1, 0.15) is 0 Å². The van der Waals surface area contributed by atoms with E-state index in [4.69, 9.17) is 23.8 Å². The summed E-state index contributed by atoms with van der Waals surface area (Å²) in [5.74, 6) is 1.74. The fourth-order valence-electron chi connectivity index (χ4n) is 7.34. The molecule has 4 aromatic heterocycles. The van der Waals surface area contributed by atoms with E-state index in [0.29, 0.717) is 17.5 Å². The number of hydrogen-bond acceptors (Lipinski definition) is 6. The molecular weight excluding hydrogens is 702 g/mol. The van der Waals surface area contributed by atoms with E-state index >= 15 is 0 Å². The van der Waals surface area contributed by atoms with Gasteiger partial charge in [0.15, 0.2) is 17.5 Å². The largest absolute Gasteiger partial charge is 0.456 e. The van der Waals surface area contributed by atoms with Crippen molar-refractivity contribution < 1.29 is 8.83 Å². The lowest BCUT2D eigenvalue weighted by Gasteiger charge is -2.11. The Morgan fingerprint density at radius 1 is 0.440 bits per heavy atom. The van der Waals surface area contributed by atoms with Crippen LogP contribution < -0.4 is 0 Å². The van der Waals surface area contributed by atoms with Crippen LogP contribution in [0.2, 0.25) is 0 Å². The second-order valence-corrected chi connectivity index (χ2v) is 14.4. The van der Waals surface area contributed by atoms with Gasteiger partial charge in [-0.15, -0.1) is 11.3 Å². The molecule has 0 N–H and O–H groups in total. The third kappa shape index (κ3) is 4.14. The van der Waals surface area contributed by atoms with Crippen LogP contribution in [0.3, 0.4) is 0 Å². The molecule has 50 heavy (non-hydrogen) atoms. The highest BCUT2D eigenvalue weighted by molar-refractivity contribution is 9.10. The maximum absolute atomic E-state index is 6.51. The molecule has 234 valence electrons. The minimum absolute atomic E-state index is 0.555. The first-order valence-electron chi connectivity index (χ1n) is 16.3. The maximum Gasteiger partial charge on any atom is 0.164 e. The van der Waals surface area contributed by atoms with Gasteiger partial charge in [0.1, 0.15) is 22.3 Å². The van der Waals surface area contributed by atoms with Gasteiger partial charge in [0, 0.05) is 62.9 Å². The molecule has 0 fully saturated rings. The second-order valence-electron chi connectivity index (χ2n) is 12.5. The molecule has 7 aromatic carbocycles. The zero-order chi connectivity index (χ0) is 32.9. The van der Waals surface area contributed by atoms with Crippen LogP contribution in [0.15, 0.2) is 147 Å². The first kappa shape index (κ1) is 28.0. The highest BCUT2D eigenvalue weighted by atomic mass is 79.9. The quantitative estimate of drug-likeness (QED) is 0.181. The molecule has 0 radical (unpaired) electrons. The minimum atomic E-state index is 0.555. The van der Waals surface area contributed by atoms with E-state index in [9.17, 15) is 0 Å². The number of aromatic nitrogens is 3. The van der Waals surface area contributed by atoms with Crippen LogP contribution in [0.5, 0.6) is 0 Å². The Labute approximate surface area is 296 Å². The number of rotatable bonds is 3. The smallest absolute Gasteiger partial charge is 0.164 e. The number of hydrogen-bond donors (Lipinski definition) is 0. The van der Waals surface area contributed by atoms with Gasteiger partial charge in [-0.1, -0.05) is 84.9 Å². The summed E-state index contributed by atoms with van der Waals surface area (Å²) in [7, 11) is 0.